The fourth-order valence-electron chi connectivity index (χ4n) is 4.23. The molecule has 0 fully saturated rings. The molecule has 7 heteroatoms. The van der Waals surface area contributed by atoms with Gasteiger partial charge in [0, 0.05) is 22.9 Å². The smallest absolute Gasteiger partial charge is 0.337 e. The van der Waals surface area contributed by atoms with Crippen molar-refractivity contribution >= 4 is 17.7 Å². The molecule has 0 bridgehead atoms. The molecule has 1 heterocycles. The van der Waals surface area contributed by atoms with Crippen LogP contribution in [0.3, 0.4) is 0 Å². The summed E-state index contributed by atoms with van der Waals surface area (Å²) in [5, 5.41) is 12.9. The number of allylic oxidation sites excluding steroid dienone is 3. The molecule has 1 aromatic carbocycles. The molecule has 1 aromatic rings. The summed E-state index contributed by atoms with van der Waals surface area (Å²) in [5.74, 6) is -3.28. The van der Waals surface area contributed by atoms with Crippen LogP contribution in [0.4, 0.5) is 0 Å². The lowest BCUT2D eigenvalue weighted by Gasteiger charge is -2.38. The monoisotopic (exact) mass is 413 g/mol. The Hall–Kier alpha value is -3.09. The Morgan fingerprint density at radius 3 is 2.40 bits per heavy atom. The normalized spacial score (nSPS) is 23.8. The van der Waals surface area contributed by atoms with Gasteiger partial charge in [-0.3, -0.25) is 9.59 Å². The first-order valence-electron chi connectivity index (χ1n) is 9.98. The molecule has 3 atom stereocenters. The summed E-state index contributed by atoms with van der Waals surface area (Å²) in [6, 6.07) is 6.35. The van der Waals surface area contributed by atoms with Gasteiger partial charge < -0.3 is 19.9 Å². The van der Waals surface area contributed by atoms with Crippen LogP contribution in [-0.4, -0.2) is 36.0 Å². The van der Waals surface area contributed by atoms with Crippen LogP contribution in [0.25, 0.3) is 0 Å². The number of esters is 2. The Kier molecular flexibility index (Phi) is 6.01. The van der Waals surface area contributed by atoms with Gasteiger partial charge in [-0.25, -0.2) is 4.79 Å². The molecule has 0 radical (unpaired) electrons. The van der Waals surface area contributed by atoms with Crippen molar-refractivity contribution in [1.29, 1.82) is 0 Å². The molecular weight excluding hydrogens is 386 g/mol. The number of carbonyl (C=O) groups is 3. The maximum absolute atomic E-state index is 13.5. The van der Waals surface area contributed by atoms with Crippen molar-refractivity contribution in [2.75, 3.05) is 7.11 Å². The minimum Gasteiger partial charge on any atom is -0.508 e. The number of rotatable bonds is 4. The lowest BCUT2D eigenvalue weighted by atomic mass is 9.69. The van der Waals surface area contributed by atoms with E-state index in [-0.39, 0.29) is 23.6 Å². The van der Waals surface area contributed by atoms with E-state index in [2.05, 4.69) is 5.32 Å². The van der Waals surface area contributed by atoms with E-state index in [0.717, 1.165) is 0 Å². The highest BCUT2D eigenvalue weighted by Crippen LogP contribution is 2.45. The molecule has 1 aliphatic heterocycles. The third-order valence-corrected chi connectivity index (χ3v) is 5.53. The highest BCUT2D eigenvalue weighted by molar-refractivity contribution is 6.12. The quantitative estimate of drug-likeness (QED) is 0.578. The van der Waals surface area contributed by atoms with Crippen molar-refractivity contribution < 1.29 is 29.0 Å². The number of phenols is 1. The highest BCUT2D eigenvalue weighted by atomic mass is 16.5. The number of phenolic OH excluding ortho intramolecular Hbond substituents is 1. The highest BCUT2D eigenvalue weighted by Gasteiger charge is 2.47. The molecule has 3 rings (SSSR count). The van der Waals surface area contributed by atoms with E-state index in [9.17, 15) is 19.5 Å². The number of carbonyl (C=O) groups excluding carboxylic acids is 3. The zero-order valence-corrected chi connectivity index (χ0v) is 17.8. The molecule has 160 valence electrons. The van der Waals surface area contributed by atoms with Gasteiger partial charge in [0.05, 0.1) is 18.8 Å². The number of ketones is 1. The van der Waals surface area contributed by atoms with Crippen molar-refractivity contribution in [1.82, 2.24) is 5.32 Å². The summed E-state index contributed by atoms with van der Waals surface area (Å²) in [6.07, 6.45) is 0.137. The second-order valence-corrected chi connectivity index (χ2v) is 8.08. The number of aromatic hydroxyl groups is 1. The second-order valence-electron chi connectivity index (χ2n) is 8.08. The third-order valence-electron chi connectivity index (χ3n) is 5.53. The Morgan fingerprint density at radius 1 is 1.20 bits per heavy atom. The number of hydrogen-bond acceptors (Lipinski definition) is 7. The first-order chi connectivity index (χ1) is 14.1. The lowest BCUT2D eigenvalue weighted by molar-refractivity contribution is -0.151. The summed E-state index contributed by atoms with van der Waals surface area (Å²) >= 11 is 0. The van der Waals surface area contributed by atoms with E-state index >= 15 is 0 Å². The number of hydrogen-bond donors (Lipinski definition) is 2. The van der Waals surface area contributed by atoms with Crippen molar-refractivity contribution in [2.45, 2.75) is 46.1 Å². The van der Waals surface area contributed by atoms with Crippen LogP contribution in [0, 0.1) is 11.8 Å². The first-order valence-corrected chi connectivity index (χ1v) is 9.98. The Morgan fingerprint density at radius 2 is 1.83 bits per heavy atom. The van der Waals surface area contributed by atoms with Crippen LogP contribution in [0.5, 0.6) is 5.75 Å². The zero-order chi connectivity index (χ0) is 22.2. The Balaban J connectivity index is 2.17. The van der Waals surface area contributed by atoms with Crippen LogP contribution in [0.2, 0.25) is 0 Å². The standard InChI is InChI=1S/C23H27NO6/c1-11(2)30-23(28)18-13(4)24-16-10-12(3)17(22(27)29-5)21(26)20(16)19(18)14-6-8-15(25)9-7-14/h6-9,11-12,17,19,24-25H,10H2,1-5H3/t12-,17+,19-/m1/s1. The summed E-state index contributed by atoms with van der Waals surface area (Å²) in [7, 11) is 1.26. The molecule has 2 aliphatic rings. The Labute approximate surface area is 175 Å². The molecule has 2 N–H and O–H groups in total. The van der Waals surface area contributed by atoms with Gasteiger partial charge in [0.15, 0.2) is 5.78 Å². The van der Waals surface area contributed by atoms with Crippen LogP contribution >= 0.6 is 0 Å². The molecule has 1 aliphatic carbocycles. The molecule has 7 nitrogen and oxygen atoms in total. The minimum atomic E-state index is -0.934. The molecular formula is C23H27NO6. The molecule has 0 saturated carbocycles. The maximum Gasteiger partial charge on any atom is 0.337 e. The van der Waals surface area contributed by atoms with E-state index in [0.29, 0.717) is 34.5 Å². The third kappa shape index (κ3) is 3.84. The first kappa shape index (κ1) is 21.6. The van der Waals surface area contributed by atoms with E-state index in [4.69, 9.17) is 9.47 Å². The number of benzene rings is 1. The van der Waals surface area contributed by atoms with Gasteiger partial charge >= 0.3 is 11.9 Å². The number of ether oxygens (including phenoxy) is 2. The van der Waals surface area contributed by atoms with Crippen molar-refractivity contribution in [3.05, 3.63) is 52.4 Å². The zero-order valence-electron chi connectivity index (χ0n) is 17.8. The number of dihydropyridines is 1. The molecule has 0 amide bonds. The topological polar surface area (TPSA) is 102 Å². The van der Waals surface area contributed by atoms with Crippen LogP contribution in [-0.2, 0) is 23.9 Å². The fraction of sp³-hybridized carbons (Fsp3) is 0.435. The van der Waals surface area contributed by atoms with E-state index in [1.165, 1.54) is 19.2 Å². The van der Waals surface area contributed by atoms with Crippen molar-refractivity contribution in [2.24, 2.45) is 11.8 Å². The molecule has 30 heavy (non-hydrogen) atoms. The lowest BCUT2D eigenvalue weighted by Crippen LogP contribution is -2.43. The summed E-state index contributed by atoms with van der Waals surface area (Å²) in [6.45, 7) is 7.12. The largest absolute Gasteiger partial charge is 0.508 e. The van der Waals surface area contributed by atoms with Gasteiger partial charge in [-0.2, -0.15) is 0 Å². The number of Topliss-reactive ketones (excluding diaryl/α,β-unsaturated/α-hetero) is 1. The Bertz CT molecular complexity index is 941. The average Bonchev–Trinajstić information content (AvgIpc) is 2.66. The van der Waals surface area contributed by atoms with Gasteiger partial charge in [-0.15, -0.1) is 0 Å². The van der Waals surface area contributed by atoms with Crippen LogP contribution in [0.1, 0.15) is 45.6 Å². The van der Waals surface area contributed by atoms with Crippen molar-refractivity contribution in [3.8, 4) is 5.75 Å². The van der Waals surface area contributed by atoms with Gasteiger partial charge in [0.2, 0.25) is 0 Å². The van der Waals surface area contributed by atoms with Gasteiger partial charge in [-0.1, -0.05) is 19.1 Å². The van der Waals surface area contributed by atoms with E-state index in [1.54, 1.807) is 32.9 Å². The SMILES string of the molecule is COC(=O)[C@@H]1C(=O)C2=C(C[C@H]1C)NC(C)=C(C(=O)OC(C)C)[C@H]2c1ccc(O)cc1. The average molecular weight is 413 g/mol. The van der Waals surface area contributed by atoms with Crippen LogP contribution in [0.15, 0.2) is 46.8 Å². The molecule has 0 spiro atoms. The van der Waals surface area contributed by atoms with Crippen LogP contribution < -0.4 is 5.32 Å². The predicted octanol–water partition coefficient (Wildman–Crippen LogP) is 2.96. The fourth-order valence-corrected chi connectivity index (χ4v) is 4.23. The maximum atomic E-state index is 13.5. The van der Waals surface area contributed by atoms with Gasteiger partial charge in [0.25, 0.3) is 0 Å². The summed E-state index contributed by atoms with van der Waals surface area (Å²) in [5.41, 5.74) is 2.65. The number of methoxy groups -OCH3 is 1. The van der Waals surface area contributed by atoms with Gasteiger partial charge in [-0.05, 0) is 50.8 Å². The second kappa shape index (κ2) is 8.34. The predicted molar refractivity (Wildman–Crippen MR) is 109 cm³/mol. The molecule has 0 aromatic heterocycles. The molecule has 0 saturated heterocycles. The van der Waals surface area contributed by atoms with Gasteiger partial charge in [0.1, 0.15) is 11.7 Å². The van der Waals surface area contributed by atoms with E-state index < -0.39 is 23.8 Å². The minimum absolute atomic E-state index is 0.0740. The van der Waals surface area contributed by atoms with E-state index in [1.807, 2.05) is 6.92 Å². The summed E-state index contributed by atoms with van der Waals surface area (Å²) < 4.78 is 10.3. The van der Waals surface area contributed by atoms with Crippen molar-refractivity contribution in [3.63, 3.8) is 0 Å². The number of nitrogens with one attached hydrogen (secondary N) is 1. The summed E-state index contributed by atoms with van der Waals surface area (Å²) in [4.78, 5) is 38.8. The molecule has 0 unspecified atom stereocenters.